The third kappa shape index (κ3) is 2.19. The van der Waals surface area contributed by atoms with Crippen LogP contribution in [0.4, 0.5) is 0 Å². The smallest absolute Gasteiger partial charge is 0.122 e. The second kappa shape index (κ2) is 4.74. The lowest BCUT2D eigenvalue weighted by Gasteiger charge is -2.28. The summed E-state index contributed by atoms with van der Waals surface area (Å²) in [5.74, 6) is 0. The first-order valence-corrected chi connectivity index (χ1v) is 5.89. The SMILES string of the molecule is C=Cc1nn(C2C=CC=CC2(C)O)nc1/C=C\C. The van der Waals surface area contributed by atoms with Crippen molar-refractivity contribution in [2.45, 2.75) is 25.5 Å². The zero-order chi connectivity index (χ0) is 13.2. The van der Waals surface area contributed by atoms with Gasteiger partial charge in [-0.25, -0.2) is 0 Å². The second-order valence-electron chi connectivity index (χ2n) is 4.41. The van der Waals surface area contributed by atoms with Crippen molar-refractivity contribution < 1.29 is 5.11 Å². The maximum absolute atomic E-state index is 10.3. The van der Waals surface area contributed by atoms with Gasteiger partial charge in [-0.1, -0.05) is 37.0 Å². The van der Waals surface area contributed by atoms with Crippen LogP contribution in [0.2, 0.25) is 0 Å². The predicted molar refractivity (Wildman–Crippen MR) is 72.8 cm³/mol. The minimum absolute atomic E-state index is 0.305. The Bertz CT molecular complexity index is 535. The Balaban J connectivity index is 2.43. The van der Waals surface area contributed by atoms with E-state index in [2.05, 4.69) is 16.8 Å². The molecule has 0 fully saturated rings. The van der Waals surface area contributed by atoms with Crippen molar-refractivity contribution in [3.63, 3.8) is 0 Å². The quantitative estimate of drug-likeness (QED) is 0.886. The molecule has 1 N–H and O–H groups in total. The summed E-state index contributed by atoms with van der Waals surface area (Å²) in [5.41, 5.74) is 0.484. The molecule has 0 bridgehead atoms. The van der Waals surface area contributed by atoms with Crippen molar-refractivity contribution in [3.05, 3.63) is 48.3 Å². The number of rotatable bonds is 3. The molecule has 1 aromatic heterocycles. The fourth-order valence-electron chi connectivity index (χ4n) is 1.92. The molecule has 0 spiro atoms. The third-order valence-electron chi connectivity index (χ3n) is 2.89. The van der Waals surface area contributed by atoms with Crippen LogP contribution < -0.4 is 0 Å². The topological polar surface area (TPSA) is 50.9 Å². The van der Waals surface area contributed by atoms with Crippen LogP contribution in [-0.2, 0) is 0 Å². The summed E-state index contributed by atoms with van der Waals surface area (Å²) in [4.78, 5) is 1.53. The van der Waals surface area contributed by atoms with Crippen molar-refractivity contribution in [1.29, 1.82) is 0 Å². The van der Waals surface area contributed by atoms with Crippen molar-refractivity contribution in [2.24, 2.45) is 0 Å². The molecule has 1 aliphatic carbocycles. The Morgan fingerprint density at radius 2 is 2.11 bits per heavy atom. The number of hydrogen-bond donors (Lipinski definition) is 1. The lowest BCUT2D eigenvalue weighted by Crippen LogP contribution is -2.35. The molecular weight excluding hydrogens is 226 g/mol. The van der Waals surface area contributed by atoms with E-state index in [1.165, 1.54) is 4.80 Å². The van der Waals surface area contributed by atoms with Crippen LogP contribution in [0.1, 0.15) is 31.3 Å². The van der Waals surface area contributed by atoms with Crippen molar-refractivity contribution in [1.82, 2.24) is 15.0 Å². The lowest BCUT2D eigenvalue weighted by molar-refractivity contribution is 0.0593. The van der Waals surface area contributed by atoms with Gasteiger partial charge in [-0.15, -0.1) is 0 Å². The maximum Gasteiger partial charge on any atom is 0.122 e. The van der Waals surface area contributed by atoms with Gasteiger partial charge < -0.3 is 5.11 Å². The van der Waals surface area contributed by atoms with Gasteiger partial charge in [-0.3, -0.25) is 0 Å². The molecule has 2 atom stereocenters. The highest BCUT2D eigenvalue weighted by molar-refractivity contribution is 5.57. The highest BCUT2D eigenvalue weighted by Gasteiger charge is 2.32. The Hall–Kier alpha value is -1.94. The molecular formula is C14H17N3O. The van der Waals surface area contributed by atoms with E-state index in [9.17, 15) is 5.11 Å². The molecule has 0 aliphatic heterocycles. The molecule has 0 radical (unpaired) electrons. The van der Waals surface area contributed by atoms with Gasteiger partial charge in [-0.2, -0.15) is 15.0 Å². The number of hydrogen-bond acceptors (Lipinski definition) is 3. The van der Waals surface area contributed by atoms with Gasteiger partial charge in [0.1, 0.15) is 23.0 Å². The number of aromatic nitrogens is 3. The van der Waals surface area contributed by atoms with E-state index in [1.54, 1.807) is 19.1 Å². The van der Waals surface area contributed by atoms with Crippen LogP contribution in [0.25, 0.3) is 12.2 Å². The van der Waals surface area contributed by atoms with Gasteiger partial charge in [0.15, 0.2) is 0 Å². The van der Waals surface area contributed by atoms with Gasteiger partial charge in [0.05, 0.1) is 0 Å². The molecule has 0 aromatic carbocycles. The second-order valence-corrected chi connectivity index (χ2v) is 4.41. The normalized spacial score (nSPS) is 26.9. The molecule has 2 unspecified atom stereocenters. The minimum Gasteiger partial charge on any atom is -0.383 e. The molecule has 1 heterocycles. The minimum atomic E-state index is -0.987. The Kier molecular flexibility index (Phi) is 3.30. The molecule has 0 amide bonds. The summed E-state index contributed by atoms with van der Waals surface area (Å²) >= 11 is 0. The summed E-state index contributed by atoms with van der Waals surface area (Å²) < 4.78 is 0. The molecule has 4 nitrogen and oxygen atoms in total. The molecule has 1 aliphatic rings. The van der Waals surface area contributed by atoms with Crippen molar-refractivity contribution >= 4 is 12.2 Å². The van der Waals surface area contributed by atoms with Crippen LogP contribution in [0.5, 0.6) is 0 Å². The van der Waals surface area contributed by atoms with Crippen LogP contribution >= 0.6 is 0 Å². The van der Waals surface area contributed by atoms with Gasteiger partial charge in [-0.05, 0) is 26.0 Å². The summed E-state index contributed by atoms with van der Waals surface area (Å²) in [6.45, 7) is 7.39. The monoisotopic (exact) mass is 243 g/mol. The first-order valence-electron chi connectivity index (χ1n) is 5.89. The number of aliphatic hydroxyl groups is 1. The maximum atomic E-state index is 10.3. The molecule has 18 heavy (non-hydrogen) atoms. The van der Waals surface area contributed by atoms with E-state index in [-0.39, 0.29) is 6.04 Å². The van der Waals surface area contributed by atoms with Crippen LogP contribution in [0, 0.1) is 0 Å². The van der Waals surface area contributed by atoms with E-state index in [4.69, 9.17) is 0 Å². The average Bonchev–Trinajstić information content (AvgIpc) is 2.72. The Labute approximate surface area is 107 Å². The fourth-order valence-corrected chi connectivity index (χ4v) is 1.92. The number of allylic oxidation sites excluding steroid dienone is 3. The molecule has 0 saturated carbocycles. The first kappa shape index (κ1) is 12.5. The zero-order valence-electron chi connectivity index (χ0n) is 10.6. The zero-order valence-corrected chi connectivity index (χ0v) is 10.6. The Morgan fingerprint density at radius 3 is 2.72 bits per heavy atom. The largest absolute Gasteiger partial charge is 0.383 e. The summed E-state index contributed by atoms with van der Waals surface area (Å²) in [6.07, 6.45) is 12.8. The van der Waals surface area contributed by atoms with Crippen LogP contribution in [-0.4, -0.2) is 25.7 Å². The molecule has 0 saturated heterocycles. The van der Waals surface area contributed by atoms with E-state index >= 15 is 0 Å². The highest BCUT2D eigenvalue weighted by Crippen LogP contribution is 2.28. The molecule has 94 valence electrons. The highest BCUT2D eigenvalue weighted by atomic mass is 16.3. The molecule has 4 heteroatoms. The first-order chi connectivity index (χ1) is 8.58. The predicted octanol–water partition coefficient (Wildman–Crippen LogP) is 2.37. The van der Waals surface area contributed by atoms with Gasteiger partial charge >= 0.3 is 0 Å². The summed E-state index contributed by atoms with van der Waals surface area (Å²) in [5, 5.41) is 19.1. The van der Waals surface area contributed by atoms with Gasteiger partial charge in [0, 0.05) is 0 Å². The van der Waals surface area contributed by atoms with Crippen molar-refractivity contribution in [3.8, 4) is 0 Å². The third-order valence-corrected chi connectivity index (χ3v) is 2.89. The summed E-state index contributed by atoms with van der Waals surface area (Å²) in [7, 11) is 0. The van der Waals surface area contributed by atoms with E-state index in [1.807, 2.05) is 37.3 Å². The molecule has 1 aromatic rings. The van der Waals surface area contributed by atoms with Crippen LogP contribution in [0.3, 0.4) is 0 Å². The number of nitrogens with zero attached hydrogens (tertiary/aromatic N) is 3. The molecule has 2 rings (SSSR count). The lowest BCUT2D eigenvalue weighted by atomic mass is 9.93. The average molecular weight is 243 g/mol. The summed E-state index contributed by atoms with van der Waals surface area (Å²) in [6, 6.07) is -0.305. The Morgan fingerprint density at radius 1 is 1.39 bits per heavy atom. The van der Waals surface area contributed by atoms with Crippen LogP contribution in [0.15, 0.2) is 37.0 Å². The fraction of sp³-hybridized carbons (Fsp3) is 0.286. The standard InChI is InChI=1S/C14H17N3O/c1-4-8-12-11(5-2)15-17(16-12)13-9-6-7-10-14(13,3)18/h4-10,13,18H,2H2,1,3H3/b8-4-. The van der Waals surface area contributed by atoms with E-state index in [0.717, 1.165) is 5.69 Å². The van der Waals surface area contributed by atoms with Crippen molar-refractivity contribution in [2.75, 3.05) is 0 Å². The van der Waals surface area contributed by atoms with E-state index < -0.39 is 5.60 Å². The van der Waals surface area contributed by atoms with Gasteiger partial charge in [0.2, 0.25) is 0 Å². The van der Waals surface area contributed by atoms with Gasteiger partial charge in [0.25, 0.3) is 0 Å². The van der Waals surface area contributed by atoms with E-state index in [0.29, 0.717) is 5.69 Å².